The number of hydrogen-bond donors (Lipinski definition) is 0. The summed E-state index contributed by atoms with van der Waals surface area (Å²) >= 11 is 0. The fourth-order valence-corrected chi connectivity index (χ4v) is 4.52. The molecule has 2 aliphatic rings. The van der Waals surface area contributed by atoms with Gasteiger partial charge in [-0.05, 0) is 49.8 Å². The number of nitrogens with zero attached hydrogens (tertiary/aromatic N) is 3. The first-order valence-electron chi connectivity index (χ1n) is 11.3. The minimum atomic E-state index is 0.0751. The van der Waals surface area contributed by atoms with Crippen molar-refractivity contribution in [3.8, 4) is 17.1 Å². The lowest BCUT2D eigenvalue weighted by Crippen LogP contribution is -2.33. The fourth-order valence-electron chi connectivity index (χ4n) is 4.52. The Kier molecular flexibility index (Phi) is 5.49. The minimum absolute atomic E-state index is 0.0751. The van der Waals surface area contributed by atoms with Gasteiger partial charge in [-0.1, -0.05) is 48.9 Å². The first-order valence-corrected chi connectivity index (χ1v) is 11.3. The van der Waals surface area contributed by atoms with Crippen molar-refractivity contribution in [1.29, 1.82) is 0 Å². The van der Waals surface area contributed by atoms with Gasteiger partial charge in [0.2, 0.25) is 0 Å². The summed E-state index contributed by atoms with van der Waals surface area (Å²) in [5, 5.41) is 0. The number of benzene rings is 2. The maximum Gasteiger partial charge on any atom is 0.274 e. The Morgan fingerprint density at radius 2 is 1.84 bits per heavy atom. The molecule has 5 heteroatoms. The zero-order valence-electron chi connectivity index (χ0n) is 18.1. The fraction of sp³-hybridized carbons (Fsp3) is 0.385. The topological polar surface area (TPSA) is 47.4 Å². The highest BCUT2D eigenvalue weighted by Gasteiger charge is 2.36. The molecule has 5 nitrogen and oxygen atoms in total. The second-order valence-corrected chi connectivity index (χ2v) is 8.57. The van der Waals surface area contributed by atoms with Gasteiger partial charge in [-0.25, -0.2) is 4.98 Å². The van der Waals surface area contributed by atoms with Crippen molar-refractivity contribution in [1.82, 2.24) is 14.5 Å². The first kappa shape index (κ1) is 19.9. The smallest absolute Gasteiger partial charge is 0.274 e. The Balaban J connectivity index is 1.50. The van der Waals surface area contributed by atoms with Crippen LogP contribution >= 0.6 is 0 Å². The molecule has 2 heterocycles. The van der Waals surface area contributed by atoms with Gasteiger partial charge in [0.25, 0.3) is 5.91 Å². The highest BCUT2D eigenvalue weighted by atomic mass is 16.5. The van der Waals surface area contributed by atoms with E-state index in [-0.39, 0.29) is 5.91 Å². The Morgan fingerprint density at radius 3 is 2.55 bits per heavy atom. The van der Waals surface area contributed by atoms with Crippen LogP contribution in [0.25, 0.3) is 11.4 Å². The van der Waals surface area contributed by atoms with Crippen LogP contribution in [0.1, 0.15) is 53.8 Å². The van der Waals surface area contributed by atoms with E-state index in [0.29, 0.717) is 18.3 Å². The molecule has 31 heavy (non-hydrogen) atoms. The predicted molar refractivity (Wildman–Crippen MR) is 121 cm³/mol. The van der Waals surface area contributed by atoms with Crippen molar-refractivity contribution < 1.29 is 9.53 Å². The lowest BCUT2D eigenvalue weighted by Gasteiger charge is -2.22. The molecule has 0 unspecified atom stereocenters. The molecule has 1 amide bonds. The van der Waals surface area contributed by atoms with E-state index < -0.39 is 0 Å². The lowest BCUT2D eigenvalue weighted by atomic mass is 10.1. The number of ether oxygens (including phenoxy) is 1. The number of fused-ring (bicyclic) bond motifs is 1. The van der Waals surface area contributed by atoms with Crippen molar-refractivity contribution in [3.05, 3.63) is 71.5 Å². The molecule has 1 aromatic heterocycles. The number of carbonyl (C=O) groups excluding carboxylic acids is 1. The van der Waals surface area contributed by atoms with Crippen molar-refractivity contribution in [2.45, 2.75) is 57.7 Å². The number of aromatic nitrogens is 2. The molecule has 1 fully saturated rings. The monoisotopic (exact) mass is 415 g/mol. The molecular formula is C26H29N3O2. The van der Waals surface area contributed by atoms with Crippen LogP contribution in [-0.4, -0.2) is 33.5 Å². The van der Waals surface area contributed by atoms with Crippen molar-refractivity contribution in [2.75, 3.05) is 7.11 Å². The molecular weight excluding hydrogens is 386 g/mol. The lowest BCUT2D eigenvalue weighted by molar-refractivity contribution is 0.0723. The number of amides is 1. The van der Waals surface area contributed by atoms with E-state index >= 15 is 0 Å². The third-order valence-electron chi connectivity index (χ3n) is 6.36. The van der Waals surface area contributed by atoms with Crippen molar-refractivity contribution in [3.63, 3.8) is 0 Å². The molecule has 1 saturated carbocycles. The van der Waals surface area contributed by atoms with Crippen LogP contribution in [0.3, 0.4) is 0 Å². The largest absolute Gasteiger partial charge is 0.497 e. The molecule has 1 aliphatic heterocycles. The van der Waals surface area contributed by atoms with Crippen LogP contribution in [0.4, 0.5) is 0 Å². The Labute approximate surface area is 183 Å². The SMILES string of the molecule is COc1ccc(CN(C(=O)c2nc(-c3ccccc3)n3c2CCCCC3)C2CC2)cc1. The normalized spacial score (nSPS) is 15.8. The summed E-state index contributed by atoms with van der Waals surface area (Å²) < 4.78 is 7.58. The number of carbonyl (C=O) groups is 1. The molecule has 160 valence electrons. The molecule has 0 radical (unpaired) electrons. The van der Waals surface area contributed by atoms with Crippen LogP contribution in [0.15, 0.2) is 54.6 Å². The van der Waals surface area contributed by atoms with Gasteiger partial charge in [-0.3, -0.25) is 4.79 Å². The standard InChI is InChI=1S/C26H29N3O2/c1-31-22-15-11-19(12-16-22)18-29(21-13-14-21)26(30)24-23-10-6-3-7-17-28(23)25(27-24)20-8-4-2-5-9-20/h2,4-5,8-9,11-12,15-16,21H,3,6-7,10,13-14,17-18H2,1H3. The number of methoxy groups -OCH3 is 1. The molecule has 0 spiro atoms. The van der Waals surface area contributed by atoms with Gasteiger partial charge in [0.1, 0.15) is 17.3 Å². The zero-order valence-corrected chi connectivity index (χ0v) is 18.1. The molecule has 0 atom stereocenters. The third-order valence-corrected chi connectivity index (χ3v) is 6.36. The van der Waals surface area contributed by atoms with Crippen LogP contribution < -0.4 is 4.74 Å². The second kappa shape index (κ2) is 8.58. The van der Waals surface area contributed by atoms with E-state index in [1.165, 1.54) is 6.42 Å². The van der Waals surface area contributed by atoms with E-state index in [0.717, 1.165) is 67.0 Å². The van der Waals surface area contributed by atoms with Gasteiger partial charge < -0.3 is 14.2 Å². The van der Waals surface area contributed by atoms with Gasteiger partial charge in [0, 0.05) is 24.7 Å². The summed E-state index contributed by atoms with van der Waals surface area (Å²) in [7, 11) is 1.67. The van der Waals surface area contributed by atoms with Crippen LogP contribution in [-0.2, 0) is 19.5 Å². The van der Waals surface area contributed by atoms with Gasteiger partial charge in [-0.2, -0.15) is 0 Å². The summed E-state index contributed by atoms with van der Waals surface area (Å²) in [6, 6.07) is 18.6. The van der Waals surface area contributed by atoms with Gasteiger partial charge in [0.05, 0.1) is 12.8 Å². The van der Waals surface area contributed by atoms with Crippen LogP contribution in [0.5, 0.6) is 5.75 Å². The second-order valence-electron chi connectivity index (χ2n) is 8.57. The summed E-state index contributed by atoms with van der Waals surface area (Å²) in [6.45, 7) is 1.54. The van der Waals surface area contributed by atoms with E-state index in [1.54, 1.807) is 7.11 Å². The zero-order chi connectivity index (χ0) is 21.2. The third kappa shape index (κ3) is 4.09. The number of rotatable bonds is 6. The minimum Gasteiger partial charge on any atom is -0.497 e. The predicted octanol–water partition coefficient (Wildman–Crippen LogP) is 5.09. The quantitative estimate of drug-likeness (QED) is 0.563. The molecule has 1 aliphatic carbocycles. The van der Waals surface area contributed by atoms with E-state index in [9.17, 15) is 4.79 Å². The average molecular weight is 416 g/mol. The van der Waals surface area contributed by atoms with Gasteiger partial charge >= 0.3 is 0 Å². The Morgan fingerprint density at radius 1 is 1.06 bits per heavy atom. The molecule has 5 rings (SSSR count). The van der Waals surface area contributed by atoms with E-state index in [1.807, 2.05) is 47.4 Å². The van der Waals surface area contributed by atoms with E-state index in [2.05, 4.69) is 16.7 Å². The molecule has 0 N–H and O–H groups in total. The first-order chi connectivity index (χ1) is 15.2. The summed E-state index contributed by atoms with van der Waals surface area (Å²) in [5.74, 6) is 1.84. The van der Waals surface area contributed by atoms with Crippen LogP contribution in [0.2, 0.25) is 0 Å². The number of imidazole rings is 1. The average Bonchev–Trinajstić information content (AvgIpc) is 3.63. The maximum atomic E-state index is 13.8. The van der Waals surface area contributed by atoms with E-state index in [4.69, 9.17) is 9.72 Å². The highest BCUT2D eigenvalue weighted by Crippen LogP contribution is 2.33. The summed E-state index contributed by atoms with van der Waals surface area (Å²) in [6.07, 6.45) is 6.51. The van der Waals surface area contributed by atoms with Gasteiger partial charge in [0.15, 0.2) is 0 Å². The number of hydrogen-bond acceptors (Lipinski definition) is 3. The molecule has 2 aromatic carbocycles. The Bertz CT molecular complexity index is 1050. The van der Waals surface area contributed by atoms with Gasteiger partial charge in [-0.15, -0.1) is 0 Å². The molecule has 3 aromatic rings. The van der Waals surface area contributed by atoms with Crippen molar-refractivity contribution >= 4 is 5.91 Å². The Hall–Kier alpha value is -3.08. The highest BCUT2D eigenvalue weighted by molar-refractivity contribution is 5.94. The maximum absolute atomic E-state index is 13.8. The molecule has 0 saturated heterocycles. The van der Waals surface area contributed by atoms with Crippen molar-refractivity contribution in [2.24, 2.45) is 0 Å². The molecule has 0 bridgehead atoms. The van der Waals surface area contributed by atoms with Crippen LogP contribution in [0, 0.1) is 0 Å². The summed E-state index contributed by atoms with van der Waals surface area (Å²) in [4.78, 5) is 20.8. The summed E-state index contributed by atoms with van der Waals surface area (Å²) in [5.41, 5.74) is 3.97.